The Morgan fingerprint density at radius 3 is 2.47 bits per heavy atom. The molecule has 0 saturated heterocycles. The zero-order valence-corrected chi connectivity index (χ0v) is 10.3. The molecule has 0 unspecified atom stereocenters. The van der Waals surface area contributed by atoms with Gasteiger partial charge in [0.05, 0.1) is 21.8 Å². The number of pyridine rings is 1. The Labute approximate surface area is 111 Å². The van der Waals surface area contributed by atoms with Crippen molar-refractivity contribution in [1.29, 1.82) is 0 Å². The highest BCUT2D eigenvalue weighted by atomic mass is 35.5. The molecule has 1 aliphatic rings. The van der Waals surface area contributed by atoms with E-state index >= 15 is 0 Å². The number of hydrogen-bond acceptors (Lipinski definition) is 1. The molecule has 1 nitrogen and oxygen atoms in total. The van der Waals surface area contributed by atoms with Crippen molar-refractivity contribution in [3.8, 4) is 0 Å². The molecule has 1 fully saturated rings. The van der Waals surface area contributed by atoms with E-state index in [1.165, 1.54) is 6.07 Å². The van der Waals surface area contributed by atoms with E-state index in [0.717, 1.165) is 25.0 Å². The third kappa shape index (κ3) is 2.16. The minimum absolute atomic E-state index is 0.0111. The number of alkyl halides is 3. The largest absolute Gasteiger partial charge is 0.418 e. The zero-order chi connectivity index (χ0) is 13.8. The van der Waals surface area contributed by atoms with Crippen LogP contribution in [0.5, 0.6) is 0 Å². The van der Waals surface area contributed by atoms with Crippen molar-refractivity contribution < 1.29 is 17.6 Å². The highest BCUT2D eigenvalue weighted by Crippen LogP contribution is 2.48. The Morgan fingerprint density at radius 2 is 1.89 bits per heavy atom. The van der Waals surface area contributed by atoms with Crippen LogP contribution < -0.4 is 0 Å². The summed E-state index contributed by atoms with van der Waals surface area (Å²) in [4.78, 5) is 4.15. The van der Waals surface area contributed by atoms with Crippen molar-refractivity contribution in [2.45, 2.75) is 24.9 Å². The van der Waals surface area contributed by atoms with Crippen molar-refractivity contribution in [1.82, 2.24) is 4.98 Å². The molecule has 1 saturated carbocycles. The van der Waals surface area contributed by atoms with Crippen molar-refractivity contribution in [2.75, 3.05) is 0 Å². The van der Waals surface area contributed by atoms with Crippen molar-refractivity contribution in [3.05, 3.63) is 40.3 Å². The average molecular weight is 290 g/mol. The number of halogens is 5. The summed E-state index contributed by atoms with van der Waals surface area (Å²) in [6.07, 6.45) is -3.05. The Balaban J connectivity index is 2.39. The molecule has 0 spiro atoms. The normalized spacial score (nSPS) is 16.1. The second kappa shape index (κ2) is 4.07. The molecule has 1 aromatic heterocycles. The Hall–Kier alpha value is -1.36. The molecule has 3 rings (SSSR count). The van der Waals surface area contributed by atoms with Crippen LogP contribution in [0.25, 0.3) is 10.9 Å². The van der Waals surface area contributed by atoms with Gasteiger partial charge in [-0.1, -0.05) is 11.6 Å². The first kappa shape index (κ1) is 12.7. The van der Waals surface area contributed by atoms with E-state index in [9.17, 15) is 17.6 Å². The molecule has 1 aromatic carbocycles. The van der Waals surface area contributed by atoms with Gasteiger partial charge in [-0.25, -0.2) is 4.39 Å². The second-order valence-corrected chi connectivity index (χ2v) is 5.00. The second-order valence-electron chi connectivity index (χ2n) is 4.62. The van der Waals surface area contributed by atoms with Gasteiger partial charge < -0.3 is 0 Å². The molecule has 100 valence electrons. The van der Waals surface area contributed by atoms with Crippen molar-refractivity contribution in [2.24, 2.45) is 0 Å². The van der Waals surface area contributed by atoms with Gasteiger partial charge in [-0.15, -0.1) is 0 Å². The maximum atomic E-state index is 13.2. The molecule has 0 bridgehead atoms. The monoisotopic (exact) mass is 289 g/mol. The van der Waals surface area contributed by atoms with Gasteiger partial charge in [0.25, 0.3) is 0 Å². The summed E-state index contributed by atoms with van der Waals surface area (Å²) >= 11 is 5.85. The lowest BCUT2D eigenvalue weighted by Crippen LogP contribution is -2.10. The molecule has 0 N–H and O–H groups in total. The quantitative estimate of drug-likeness (QED) is 0.679. The fraction of sp³-hybridized carbons (Fsp3) is 0.308. The van der Waals surface area contributed by atoms with E-state index in [2.05, 4.69) is 4.98 Å². The first-order chi connectivity index (χ1) is 8.88. The highest BCUT2D eigenvalue weighted by molar-refractivity contribution is 6.33. The predicted octanol–water partition coefficient (Wildman–Crippen LogP) is 4.92. The topological polar surface area (TPSA) is 12.9 Å². The first-order valence-electron chi connectivity index (χ1n) is 5.74. The van der Waals surface area contributed by atoms with Crippen LogP contribution in [-0.4, -0.2) is 4.98 Å². The Kier molecular flexibility index (Phi) is 2.71. The lowest BCUT2D eigenvalue weighted by atomic mass is 10.1. The van der Waals surface area contributed by atoms with Crippen LogP contribution in [-0.2, 0) is 6.18 Å². The smallest absolute Gasteiger partial charge is 0.251 e. The predicted molar refractivity (Wildman–Crippen MR) is 63.7 cm³/mol. The number of nitrogens with zero attached hydrogens (tertiary/aromatic N) is 1. The maximum absolute atomic E-state index is 13.2. The lowest BCUT2D eigenvalue weighted by molar-refractivity contribution is -0.136. The van der Waals surface area contributed by atoms with Crippen LogP contribution >= 0.6 is 11.6 Å². The van der Waals surface area contributed by atoms with E-state index in [-0.39, 0.29) is 22.5 Å². The van der Waals surface area contributed by atoms with E-state index in [0.29, 0.717) is 0 Å². The number of benzene rings is 1. The summed E-state index contributed by atoms with van der Waals surface area (Å²) in [6.45, 7) is 0. The van der Waals surface area contributed by atoms with Crippen molar-refractivity contribution >= 4 is 22.5 Å². The van der Waals surface area contributed by atoms with Crippen LogP contribution in [0.1, 0.15) is 30.0 Å². The maximum Gasteiger partial charge on any atom is 0.418 e. The van der Waals surface area contributed by atoms with Crippen molar-refractivity contribution in [3.63, 3.8) is 0 Å². The molecule has 1 heterocycles. The molecule has 2 aromatic rings. The standard InChI is InChI=1S/C13H8ClF4N/c14-11-10(13(16,17)18)8-5-7(15)3-4-9(8)19-12(11)6-1-2-6/h3-6H,1-2H2. The average Bonchev–Trinajstić information content (AvgIpc) is 3.10. The van der Waals surface area contributed by atoms with Gasteiger partial charge in [-0.3, -0.25) is 4.98 Å². The van der Waals surface area contributed by atoms with Crippen LogP contribution in [0.3, 0.4) is 0 Å². The third-order valence-electron chi connectivity index (χ3n) is 3.16. The fourth-order valence-corrected chi connectivity index (χ4v) is 2.54. The van der Waals surface area contributed by atoms with Gasteiger partial charge in [0.1, 0.15) is 5.82 Å². The van der Waals surface area contributed by atoms with Gasteiger partial charge in [-0.2, -0.15) is 13.2 Å². The van der Waals surface area contributed by atoms with Gasteiger partial charge >= 0.3 is 6.18 Å². The van der Waals surface area contributed by atoms with Crippen LogP contribution in [0.15, 0.2) is 18.2 Å². The van der Waals surface area contributed by atoms with Crippen LogP contribution in [0, 0.1) is 5.82 Å². The minimum atomic E-state index is -4.63. The van der Waals surface area contributed by atoms with Gasteiger partial charge in [0, 0.05) is 11.3 Å². The number of rotatable bonds is 1. The van der Waals surface area contributed by atoms with E-state index in [1.807, 2.05) is 0 Å². The molecule has 19 heavy (non-hydrogen) atoms. The summed E-state index contributed by atoms with van der Waals surface area (Å²) in [5.41, 5.74) is -0.589. The number of fused-ring (bicyclic) bond motifs is 1. The number of hydrogen-bond donors (Lipinski definition) is 0. The lowest BCUT2D eigenvalue weighted by Gasteiger charge is -2.15. The SMILES string of the molecule is Fc1ccc2nc(C3CC3)c(Cl)c(C(F)(F)F)c2c1. The molecular weight excluding hydrogens is 282 g/mol. The third-order valence-corrected chi connectivity index (χ3v) is 3.54. The molecule has 0 amide bonds. The highest BCUT2D eigenvalue weighted by Gasteiger charge is 2.39. The summed E-state index contributed by atoms with van der Waals surface area (Å²) in [5, 5.41) is -0.685. The first-order valence-corrected chi connectivity index (χ1v) is 6.11. The van der Waals surface area contributed by atoms with E-state index in [1.54, 1.807) is 0 Å². The van der Waals surface area contributed by atoms with Gasteiger partial charge in [0.15, 0.2) is 0 Å². The Morgan fingerprint density at radius 1 is 1.21 bits per heavy atom. The van der Waals surface area contributed by atoms with E-state index < -0.39 is 22.6 Å². The molecule has 0 atom stereocenters. The van der Waals surface area contributed by atoms with E-state index in [4.69, 9.17) is 11.6 Å². The molecule has 6 heteroatoms. The Bertz CT molecular complexity index is 662. The summed E-state index contributed by atoms with van der Waals surface area (Å²) in [5.74, 6) is -0.752. The minimum Gasteiger partial charge on any atom is -0.251 e. The molecule has 0 aliphatic heterocycles. The fourth-order valence-electron chi connectivity index (χ4n) is 2.14. The van der Waals surface area contributed by atoms with Crippen LogP contribution in [0.2, 0.25) is 5.02 Å². The summed E-state index contributed by atoms with van der Waals surface area (Å²) in [7, 11) is 0. The summed E-state index contributed by atoms with van der Waals surface area (Å²) < 4.78 is 52.6. The zero-order valence-electron chi connectivity index (χ0n) is 9.56. The van der Waals surface area contributed by atoms with Gasteiger partial charge in [-0.05, 0) is 31.0 Å². The van der Waals surface area contributed by atoms with Gasteiger partial charge in [0.2, 0.25) is 0 Å². The summed E-state index contributed by atoms with van der Waals surface area (Å²) in [6, 6.07) is 3.18. The molecule has 0 radical (unpaired) electrons. The number of aromatic nitrogens is 1. The van der Waals surface area contributed by atoms with Crippen LogP contribution in [0.4, 0.5) is 17.6 Å². The molecule has 1 aliphatic carbocycles. The molecular formula is C13H8ClF4N.